The van der Waals surface area contributed by atoms with Crippen molar-refractivity contribution in [3.8, 4) is 11.4 Å². The number of rotatable bonds is 8. The Morgan fingerprint density at radius 3 is 2.40 bits per heavy atom. The summed E-state index contributed by atoms with van der Waals surface area (Å²) in [5.74, 6) is 0.252. The van der Waals surface area contributed by atoms with Crippen molar-refractivity contribution in [1.29, 1.82) is 0 Å². The second kappa shape index (κ2) is 9.98. The Hall–Kier alpha value is -4.18. The molecule has 0 bridgehead atoms. The minimum Gasteiger partial charge on any atom is -0.497 e. The molecular weight excluding hydrogens is 466 g/mol. The predicted molar refractivity (Wildman–Crippen MR) is 132 cm³/mol. The summed E-state index contributed by atoms with van der Waals surface area (Å²) < 4.78 is 34.3. The SMILES string of the molecule is COc1ccc(N(C)S(=O)(=O)c2cccc(C(=O)N[C@@H](C)c3ccc(-n4cncn4)cc3)c2)cc1. The molecule has 0 aliphatic rings. The Balaban J connectivity index is 1.49. The number of nitrogens with zero attached hydrogens (tertiary/aromatic N) is 4. The molecule has 4 aromatic rings. The number of carbonyl (C=O) groups is 1. The van der Waals surface area contributed by atoms with Crippen molar-refractivity contribution >= 4 is 21.6 Å². The number of hydrogen-bond donors (Lipinski definition) is 1. The van der Waals surface area contributed by atoms with E-state index in [0.29, 0.717) is 11.4 Å². The molecule has 0 radical (unpaired) electrons. The van der Waals surface area contributed by atoms with Gasteiger partial charge in [0.15, 0.2) is 0 Å². The van der Waals surface area contributed by atoms with Gasteiger partial charge in [0.05, 0.1) is 29.4 Å². The van der Waals surface area contributed by atoms with Gasteiger partial charge in [-0.1, -0.05) is 18.2 Å². The van der Waals surface area contributed by atoms with Gasteiger partial charge in [0.1, 0.15) is 18.4 Å². The van der Waals surface area contributed by atoms with Crippen LogP contribution in [0.5, 0.6) is 5.75 Å². The van der Waals surface area contributed by atoms with Gasteiger partial charge in [-0.3, -0.25) is 9.10 Å². The molecule has 0 aliphatic carbocycles. The minimum atomic E-state index is -3.88. The van der Waals surface area contributed by atoms with Crippen LogP contribution in [0.25, 0.3) is 5.69 Å². The second-order valence-corrected chi connectivity index (χ2v) is 9.79. The number of amides is 1. The summed E-state index contributed by atoms with van der Waals surface area (Å²) in [7, 11) is -0.866. The van der Waals surface area contributed by atoms with Crippen molar-refractivity contribution in [3.63, 3.8) is 0 Å². The number of sulfonamides is 1. The first-order chi connectivity index (χ1) is 16.8. The molecule has 1 heterocycles. The average molecular weight is 492 g/mol. The molecule has 0 unspecified atom stereocenters. The molecule has 10 heteroatoms. The van der Waals surface area contributed by atoms with E-state index in [1.807, 2.05) is 31.2 Å². The number of carbonyl (C=O) groups excluding carboxylic acids is 1. The minimum absolute atomic E-state index is 0.0216. The Morgan fingerprint density at radius 2 is 1.77 bits per heavy atom. The first-order valence-electron chi connectivity index (χ1n) is 10.8. The first kappa shape index (κ1) is 24.0. The molecule has 1 N–H and O–H groups in total. The van der Waals surface area contributed by atoms with E-state index >= 15 is 0 Å². The third-order valence-electron chi connectivity index (χ3n) is 5.61. The van der Waals surface area contributed by atoms with Crippen LogP contribution in [-0.4, -0.2) is 43.2 Å². The van der Waals surface area contributed by atoms with Crippen molar-refractivity contribution in [2.45, 2.75) is 17.9 Å². The Morgan fingerprint density at radius 1 is 1.06 bits per heavy atom. The van der Waals surface area contributed by atoms with Crippen LogP contribution in [0, 0.1) is 0 Å². The number of ether oxygens (including phenoxy) is 1. The van der Waals surface area contributed by atoms with Gasteiger partial charge in [-0.15, -0.1) is 0 Å². The van der Waals surface area contributed by atoms with Gasteiger partial charge < -0.3 is 10.1 Å². The van der Waals surface area contributed by atoms with Gasteiger partial charge in [0.2, 0.25) is 0 Å². The third-order valence-corrected chi connectivity index (χ3v) is 7.40. The van der Waals surface area contributed by atoms with Crippen LogP contribution in [0.15, 0.2) is 90.3 Å². The lowest BCUT2D eigenvalue weighted by Crippen LogP contribution is -2.28. The van der Waals surface area contributed by atoms with E-state index in [0.717, 1.165) is 11.3 Å². The first-order valence-corrected chi connectivity index (χ1v) is 12.2. The monoisotopic (exact) mass is 491 g/mol. The van der Waals surface area contributed by atoms with Crippen molar-refractivity contribution in [2.24, 2.45) is 0 Å². The second-order valence-electron chi connectivity index (χ2n) is 7.83. The van der Waals surface area contributed by atoms with E-state index in [1.54, 1.807) is 54.5 Å². The van der Waals surface area contributed by atoms with Gasteiger partial charge in [-0.2, -0.15) is 5.10 Å². The molecule has 0 saturated carbocycles. The summed E-state index contributed by atoms with van der Waals surface area (Å²) in [6, 6.07) is 19.9. The lowest BCUT2D eigenvalue weighted by Gasteiger charge is -2.20. The topological polar surface area (TPSA) is 106 Å². The van der Waals surface area contributed by atoms with Crippen molar-refractivity contribution < 1.29 is 17.9 Å². The lowest BCUT2D eigenvalue weighted by atomic mass is 10.1. The van der Waals surface area contributed by atoms with Crippen LogP contribution in [0.2, 0.25) is 0 Å². The molecule has 3 aromatic carbocycles. The zero-order valence-corrected chi connectivity index (χ0v) is 20.3. The molecule has 1 atom stereocenters. The number of methoxy groups -OCH3 is 1. The highest BCUT2D eigenvalue weighted by Gasteiger charge is 2.23. The van der Waals surface area contributed by atoms with Crippen LogP contribution in [-0.2, 0) is 10.0 Å². The summed E-state index contributed by atoms with van der Waals surface area (Å²) in [5.41, 5.74) is 2.47. The number of benzene rings is 3. The number of hydrogen-bond acceptors (Lipinski definition) is 6. The molecule has 0 fully saturated rings. The van der Waals surface area contributed by atoms with Crippen molar-refractivity contribution in [1.82, 2.24) is 20.1 Å². The molecule has 0 spiro atoms. The average Bonchev–Trinajstić information content (AvgIpc) is 3.43. The summed E-state index contributed by atoms with van der Waals surface area (Å²) in [6.45, 7) is 1.86. The third kappa shape index (κ3) is 5.17. The van der Waals surface area contributed by atoms with E-state index in [-0.39, 0.29) is 22.4 Å². The molecule has 1 amide bonds. The molecule has 180 valence electrons. The maximum absolute atomic E-state index is 13.2. The molecular formula is C25H25N5O4S. The Bertz CT molecular complexity index is 1400. The van der Waals surface area contributed by atoms with Gasteiger partial charge in [-0.25, -0.2) is 18.1 Å². The van der Waals surface area contributed by atoms with Crippen LogP contribution in [0.1, 0.15) is 28.9 Å². The standard InChI is InChI=1S/C25H25N5O4S/c1-18(19-7-9-22(10-8-19)30-17-26-16-27-30)28-25(31)20-5-4-6-24(15-20)35(32,33)29(2)21-11-13-23(34-3)14-12-21/h4-18H,1-3H3,(H,28,31)/t18-/m0/s1. The van der Waals surface area contributed by atoms with E-state index < -0.39 is 10.0 Å². The van der Waals surface area contributed by atoms with E-state index in [4.69, 9.17) is 4.74 Å². The largest absolute Gasteiger partial charge is 0.497 e. The molecule has 1 aromatic heterocycles. The van der Waals surface area contributed by atoms with Crippen LogP contribution in [0.4, 0.5) is 5.69 Å². The van der Waals surface area contributed by atoms with Gasteiger partial charge in [-0.05, 0) is 67.1 Å². The molecule has 0 saturated heterocycles. The van der Waals surface area contributed by atoms with Gasteiger partial charge in [0, 0.05) is 12.6 Å². The van der Waals surface area contributed by atoms with Crippen LogP contribution < -0.4 is 14.4 Å². The number of anilines is 1. The van der Waals surface area contributed by atoms with Crippen LogP contribution >= 0.6 is 0 Å². The molecule has 0 aliphatic heterocycles. The van der Waals surface area contributed by atoms with Gasteiger partial charge >= 0.3 is 0 Å². The predicted octanol–water partition coefficient (Wildman–Crippen LogP) is 3.59. The lowest BCUT2D eigenvalue weighted by molar-refractivity contribution is 0.0939. The Kier molecular flexibility index (Phi) is 6.83. The molecule has 9 nitrogen and oxygen atoms in total. The number of aromatic nitrogens is 3. The summed E-state index contributed by atoms with van der Waals surface area (Å²) >= 11 is 0. The summed E-state index contributed by atoms with van der Waals surface area (Å²) in [6.07, 6.45) is 3.06. The maximum atomic E-state index is 13.2. The quantitative estimate of drug-likeness (QED) is 0.404. The van der Waals surface area contributed by atoms with Crippen molar-refractivity contribution in [2.75, 3.05) is 18.5 Å². The molecule has 4 rings (SSSR count). The summed E-state index contributed by atoms with van der Waals surface area (Å²) in [4.78, 5) is 16.9. The fourth-order valence-electron chi connectivity index (χ4n) is 3.51. The zero-order chi connectivity index (χ0) is 25.0. The highest BCUT2D eigenvalue weighted by molar-refractivity contribution is 7.92. The number of nitrogens with one attached hydrogen (secondary N) is 1. The fraction of sp³-hybridized carbons (Fsp3) is 0.160. The van der Waals surface area contributed by atoms with Gasteiger partial charge in [0.25, 0.3) is 15.9 Å². The normalized spacial score (nSPS) is 12.1. The van der Waals surface area contributed by atoms with E-state index in [9.17, 15) is 13.2 Å². The van der Waals surface area contributed by atoms with Crippen molar-refractivity contribution in [3.05, 3.63) is 96.6 Å². The smallest absolute Gasteiger partial charge is 0.264 e. The van der Waals surface area contributed by atoms with Crippen LogP contribution in [0.3, 0.4) is 0 Å². The fourth-order valence-corrected chi connectivity index (χ4v) is 4.75. The highest BCUT2D eigenvalue weighted by atomic mass is 32.2. The van der Waals surface area contributed by atoms with E-state index in [2.05, 4.69) is 15.4 Å². The summed E-state index contributed by atoms with van der Waals surface area (Å²) in [5, 5.41) is 7.02. The zero-order valence-electron chi connectivity index (χ0n) is 19.5. The Labute approximate surface area is 204 Å². The highest BCUT2D eigenvalue weighted by Crippen LogP contribution is 2.25. The van der Waals surface area contributed by atoms with E-state index in [1.165, 1.54) is 29.8 Å². The molecule has 35 heavy (non-hydrogen) atoms. The maximum Gasteiger partial charge on any atom is 0.264 e.